The number of fused-ring (bicyclic) bond motifs is 3. The highest BCUT2D eigenvalue weighted by atomic mass is 15.0. The molecule has 0 aliphatic heterocycles. The summed E-state index contributed by atoms with van der Waals surface area (Å²) >= 11 is 0. The van der Waals surface area contributed by atoms with Crippen LogP contribution in [0.2, 0.25) is 0 Å². The van der Waals surface area contributed by atoms with E-state index in [1.165, 1.54) is 41.1 Å². The number of unbranched alkanes of at least 4 members (excludes halogenated alkanes) is 2. The Balaban J connectivity index is 1.80. The Bertz CT molecular complexity index is 658. The molecule has 2 aromatic carbocycles. The predicted molar refractivity (Wildman–Crippen MR) is 91.8 cm³/mol. The molecule has 0 aliphatic carbocycles. The lowest BCUT2D eigenvalue weighted by Crippen LogP contribution is -2.20. The van der Waals surface area contributed by atoms with Crippen molar-refractivity contribution in [2.75, 3.05) is 13.1 Å². The minimum Gasteiger partial charge on any atom is -0.339 e. The topological polar surface area (TPSA) is 17.0 Å². The molecule has 3 aromatic rings. The van der Waals surface area contributed by atoms with E-state index in [1.54, 1.807) is 0 Å². The van der Waals surface area contributed by atoms with Crippen LogP contribution in [0.25, 0.3) is 21.8 Å². The molecule has 0 aliphatic rings. The molecule has 0 spiro atoms. The Morgan fingerprint density at radius 1 is 0.810 bits per heavy atom. The molecule has 0 fully saturated rings. The van der Waals surface area contributed by atoms with Crippen molar-refractivity contribution in [3.05, 3.63) is 48.5 Å². The van der Waals surface area contributed by atoms with Crippen LogP contribution in [-0.2, 0) is 6.54 Å². The van der Waals surface area contributed by atoms with Gasteiger partial charge < -0.3 is 9.88 Å². The number of nitrogens with zero attached hydrogens (tertiary/aromatic N) is 1. The van der Waals surface area contributed by atoms with Gasteiger partial charge in [-0.05, 0) is 25.1 Å². The number of para-hydroxylation sites is 2. The highest BCUT2D eigenvalue weighted by Gasteiger charge is 2.08. The second-order valence-corrected chi connectivity index (χ2v) is 5.64. The van der Waals surface area contributed by atoms with E-state index in [-0.39, 0.29) is 0 Å². The van der Waals surface area contributed by atoms with E-state index in [0.717, 1.165) is 19.6 Å². The number of aromatic nitrogens is 1. The third-order valence-electron chi connectivity index (χ3n) is 4.15. The van der Waals surface area contributed by atoms with Gasteiger partial charge in [0.15, 0.2) is 0 Å². The summed E-state index contributed by atoms with van der Waals surface area (Å²) in [5, 5.41) is 6.29. The highest BCUT2D eigenvalue weighted by molar-refractivity contribution is 6.07. The quantitative estimate of drug-likeness (QED) is 0.627. The van der Waals surface area contributed by atoms with Gasteiger partial charge in [-0.2, -0.15) is 0 Å². The smallest absolute Gasteiger partial charge is 0.0491 e. The lowest BCUT2D eigenvalue weighted by molar-refractivity contribution is 0.582. The molecule has 0 amide bonds. The van der Waals surface area contributed by atoms with Crippen LogP contribution in [0.5, 0.6) is 0 Å². The summed E-state index contributed by atoms with van der Waals surface area (Å²) in [5.74, 6) is 0. The highest BCUT2D eigenvalue weighted by Crippen LogP contribution is 2.28. The van der Waals surface area contributed by atoms with Crippen LogP contribution in [0.3, 0.4) is 0 Å². The fourth-order valence-corrected chi connectivity index (χ4v) is 3.06. The van der Waals surface area contributed by atoms with Gasteiger partial charge in [-0.15, -0.1) is 0 Å². The van der Waals surface area contributed by atoms with Crippen molar-refractivity contribution in [3.8, 4) is 0 Å². The van der Waals surface area contributed by atoms with Crippen molar-refractivity contribution < 1.29 is 0 Å². The summed E-state index contributed by atoms with van der Waals surface area (Å²) < 4.78 is 2.44. The van der Waals surface area contributed by atoms with E-state index in [2.05, 4.69) is 65.3 Å². The first-order valence-electron chi connectivity index (χ1n) is 8.08. The molecule has 1 heterocycles. The molecule has 0 atom stereocenters. The van der Waals surface area contributed by atoms with Crippen LogP contribution >= 0.6 is 0 Å². The molecule has 3 rings (SSSR count). The van der Waals surface area contributed by atoms with Gasteiger partial charge in [0.2, 0.25) is 0 Å². The fraction of sp³-hybridized carbons (Fsp3) is 0.368. The Kier molecular flexibility index (Phi) is 4.56. The number of hydrogen-bond acceptors (Lipinski definition) is 1. The number of benzene rings is 2. The van der Waals surface area contributed by atoms with E-state index in [9.17, 15) is 0 Å². The van der Waals surface area contributed by atoms with Gasteiger partial charge in [-0.1, -0.05) is 56.2 Å². The van der Waals surface area contributed by atoms with Crippen LogP contribution in [0, 0.1) is 0 Å². The van der Waals surface area contributed by atoms with Crippen LogP contribution in [-0.4, -0.2) is 17.7 Å². The summed E-state index contributed by atoms with van der Waals surface area (Å²) in [6.45, 7) is 5.44. The molecule has 2 heteroatoms. The number of hydrogen-bond donors (Lipinski definition) is 1. The van der Waals surface area contributed by atoms with Crippen molar-refractivity contribution in [2.45, 2.75) is 32.7 Å². The Morgan fingerprint density at radius 3 is 2.05 bits per heavy atom. The zero-order chi connectivity index (χ0) is 14.5. The zero-order valence-electron chi connectivity index (χ0n) is 12.8. The molecule has 0 radical (unpaired) electrons. The monoisotopic (exact) mass is 280 g/mol. The van der Waals surface area contributed by atoms with Crippen molar-refractivity contribution in [1.82, 2.24) is 9.88 Å². The van der Waals surface area contributed by atoms with Crippen LogP contribution < -0.4 is 5.32 Å². The fourth-order valence-electron chi connectivity index (χ4n) is 3.06. The third kappa shape index (κ3) is 2.96. The molecule has 1 N–H and O–H groups in total. The van der Waals surface area contributed by atoms with Gasteiger partial charge >= 0.3 is 0 Å². The van der Waals surface area contributed by atoms with E-state index in [0.29, 0.717) is 0 Å². The third-order valence-corrected chi connectivity index (χ3v) is 4.15. The summed E-state index contributed by atoms with van der Waals surface area (Å²) in [6, 6.07) is 17.4. The maximum atomic E-state index is 3.57. The molecule has 1 aromatic heterocycles. The normalized spacial score (nSPS) is 11.5. The Hall–Kier alpha value is -1.80. The molecule has 0 saturated heterocycles. The van der Waals surface area contributed by atoms with Crippen LogP contribution in [0.15, 0.2) is 48.5 Å². The summed E-state index contributed by atoms with van der Waals surface area (Å²) in [4.78, 5) is 0. The van der Waals surface area contributed by atoms with Gasteiger partial charge in [-0.3, -0.25) is 0 Å². The average molecular weight is 280 g/mol. The first kappa shape index (κ1) is 14.2. The molecular formula is C19H24N2. The van der Waals surface area contributed by atoms with Crippen LogP contribution in [0.4, 0.5) is 0 Å². The largest absolute Gasteiger partial charge is 0.339 e. The van der Waals surface area contributed by atoms with Crippen LogP contribution in [0.1, 0.15) is 26.2 Å². The summed E-state index contributed by atoms with van der Waals surface area (Å²) in [7, 11) is 0. The number of nitrogens with one attached hydrogen (secondary N) is 1. The molecule has 0 unspecified atom stereocenters. The first-order chi connectivity index (χ1) is 10.4. The van der Waals surface area contributed by atoms with Crippen molar-refractivity contribution in [2.24, 2.45) is 0 Å². The zero-order valence-corrected chi connectivity index (χ0v) is 12.8. The standard InChI is InChI=1S/C19H24N2/c1-2-3-8-13-20-14-15-21-18-11-6-4-9-16(18)17-10-5-7-12-19(17)21/h4-7,9-12,20H,2-3,8,13-15H2,1H3. The molecule has 110 valence electrons. The lowest BCUT2D eigenvalue weighted by atomic mass is 10.2. The second-order valence-electron chi connectivity index (χ2n) is 5.64. The Morgan fingerprint density at radius 2 is 1.43 bits per heavy atom. The maximum Gasteiger partial charge on any atom is 0.0491 e. The van der Waals surface area contributed by atoms with Gasteiger partial charge in [0.1, 0.15) is 0 Å². The minimum atomic E-state index is 1.03. The van der Waals surface area contributed by atoms with E-state index >= 15 is 0 Å². The van der Waals surface area contributed by atoms with E-state index in [4.69, 9.17) is 0 Å². The van der Waals surface area contributed by atoms with Gasteiger partial charge in [0, 0.05) is 34.9 Å². The van der Waals surface area contributed by atoms with Gasteiger partial charge in [0.05, 0.1) is 0 Å². The summed E-state index contributed by atoms with van der Waals surface area (Å²) in [6.07, 6.45) is 3.89. The minimum absolute atomic E-state index is 1.03. The Labute approximate surface area is 126 Å². The van der Waals surface area contributed by atoms with Crippen molar-refractivity contribution >= 4 is 21.8 Å². The van der Waals surface area contributed by atoms with Crippen molar-refractivity contribution in [1.29, 1.82) is 0 Å². The predicted octanol–water partition coefficient (Wildman–Crippen LogP) is 4.57. The van der Waals surface area contributed by atoms with Crippen molar-refractivity contribution in [3.63, 3.8) is 0 Å². The molecule has 0 bridgehead atoms. The summed E-state index contributed by atoms with van der Waals surface area (Å²) in [5.41, 5.74) is 2.68. The second kappa shape index (κ2) is 6.77. The van der Waals surface area contributed by atoms with Gasteiger partial charge in [-0.25, -0.2) is 0 Å². The lowest BCUT2D eigenvalue weighted by Gasteiger charge is -2.08. The molecule has 2 nitrogen and oxygen atoms in total. The SMILES string of the molecule is CCCCCNCCn1c2ccccc2c2ccccc21. The molecule has 0 saturated carbocycles. The average Bonchev–Trinajstić information content (AvgIpc) is 2.85. The van der Waals surface area contributed by atoms with E-state index in [1.807, 2.05) is 0 Å². The molecule has 21 heavy (non-hydrogen) atoms. The van der Waals surface area contributed by atoms with Gasteiger partial charge in [0.25, 0.3) is 0 Å². The first-order valence-corrected chi connectivity index (χ1v) is 8.08. The maximum absolute atomic E-state index is 3.57. The number of rotatable bonds is 7. The molecular weight excluding hydrogens is 256 g/mol. The van der Waals surface area contributed by atoms with E-state index < -0.39 is 0 Å².